The molecule has 0 heterocycles. The van der Waals surface area contributed by atoms with E-state index in [0.29, 0.717) is 28.3 Å². The molecule has 0 aliphatic carbocycles. The second-order valence-electron chi connectivity index (χ2n) is 9.36. The largest absolute Gasteiger partial charge is 0.493 e. The molecule has 0 spiro atoms. The van der Waals surface area contributed by atoms with Gasteiger partial charge in [-0.15, -0.1) is 0 Å². The van der Waals surface area contributed by atoms with E-state index in [2.05, 4.69) is 0 Å². The summed E-state index contributed by atoms with van der Waals surface area (Å²) in [5.74, 6) is -1.09. The Labute approximate surface area is 226 Å². The van der Waals surface area contributed by atoms with Crippen LogP contribution in [0.5, 0.6) is 11.5 Å². The summed E-state index contributed by atoms with van der Waals surface area (Å²) in [6.45, 7) is 3.84. The first kappa shape index (κ1) is 29.5. The van der Waals surface area contributed by atoms with E-state index in [1.807, 2.05) is 13.8 Å². The fraction of sp³-hybridized carbons (Fsp3) is 0.333. The number of nitrogens with zero attached hydrogens (tertiary/aromatic N) is 2. The molecular formula is C30H33F3N2O4. The number of alkyl halides is 3. The molecule has 1 atom stereocenters. The Morgan fingerprint density at radius 2 is 1.46 bits per heavy atom. The van der Waals surface area contributed by atoms with Crippen LogP contribution in [0.1, 0.15) is 36.5 Å². The lowest BCUT2D eigenvalue weighted by Crippen LogP contribution is -2.45. The summed E-state index contributed by atoms with van der Waals surface area (Å²) in [6, 6.07) is 18.5. The average molecular weight is 543 g/mol. The molecule has 3 rings (SSSR count). The maximum Gasteiger partial charge on any atom is 0.416 e. The topological polar surface area (TPSA) is 59.1 Å². The molecule has 0 aromatic heterocycles. The van der Waals surface area contributed by atoms with Gasteiger partial charge in [0.1, 0.15) is 5.92 Å². The molecule has 6 nitrogen and oxygen atoms in total. The first-order valence-corrected chi connectivity index (χ1v) is 12.5. The number of hydrogen-bond donors (Lipinski definition) is 0. The maximum atomic E-state index is 14.2. The minimum absolute atomic E-state index is 0.113. The van der Waals surface area contributed by atoms with E-state index in [4.69, 9.17) is 9.47 Å². The van der Waals surface area contributed by atoms with Crippen molar-refractivity contribution in [2.24, 2.45) is 0 Å². The van der Waals surface area contributed by atoms with E-state index in [1.165, 1.54) is 36.2 Å². The molecule has 39 heavy (non-hydrogen) atoms. The Morgan fingerprint density at radius 1 is 0.846 bits per heavy atom. The first-order chi connectivity index (χ1) is 18.5. The van der Waals surface area contributed by atoms with Crippen LogP contribution < -0.4 is 14.4 Å². The number of anilines is 1. The summed E-state index contributed by atoms with van der Waals surface area (Å²) in [4.78, 5) is 30.9. The van der Waals surface area contributed by atoms with E-state index < -0.39 is 23.6 Å². The maximum absolute atomic E-state index is 14.2. The van der Waals surface area contributed by atoms with Gasteiger partial charge in [0.25, 0.3) is 0 Å². The highest BCUT2D eigenvalue weighted by Gasteiger charge is 2.36. The van der Waals surface area contributed by atoms with Crippen molar-refractivity contribution >= 4 is 17.5 Å². The molecule has 0 saturated carbocycles. The van der Waals surface area contributed by atoms with Gasteiger partial charge < -0.3 is 19.3 Å². The Balaban J connectivity index is 2.04. The fourth-order valence-corrected chi connectivity index (χ4v) is 4.11. The predicted molar refractivity (Wildman–Crippen MR) is 144 cm³/mol. The fourth-order valence-electron chi connectivity index (χ4n) is 4.11. The summed E-state index contributed by atoms with van der Waals surface area (Å²) >= 11 is 0. The van der Waals surface area contributed by atoms with Gasteiger partial charge in [0, 0.05) is 31.4 Å². The first-order valence-electron chi connectivity index (χ1n) is 12.5. The van der Waals surface area contributed by atoms with Gasteiger partial charge in [0.2, 0.25) is 11.8 Å². The number of methoxy groups -OCH3 is 2. The Morgan fingerprint density at radius 3 is 2.00 bits per heavy atom. The Kier molecular flexibility index (Phi) is 9.61. The number of hydrogen-bond acceptors (Lipinski definition) is 4. The lowest BCUT2D eigenvalue weighted by molar-refractivity contribution is -0.138. The third kappa shape index (κ3) is 7.10. The number of halogens is 3. The van der Waals surface area contributed by atoms with Crippen molar-refractivity contribution in [1.82, 2.24) is 4.90 Å². The molecule has 208 valence electrons. The Hall–Kier alpha value is -4.01. The van der Waals surface area contributed by atoms with Crippen LogP contribution in [0.15, 0.2) is 72.8 Å². The summed E-state index contributed by atoms with van der Waals surface area (Å²) in [7, 11) is 4.62. The zero-order chi connectivity index (χ0) is 28.7. The molecule has 2 amide bonds. The molecule has 0 N–H and O–H groups in total. The SMILES string of the molecule is COc1ccc(N(CCc2ccc(C(F)(F)F)cc2)C(=O)C(C(=O)N(C)C(C)C)c2ccccc2)cc1OC. The van der Waals surface area contributed by atoms with Gasteiger partial charge in [-0.25, -0.2) is 0 Å². The molecule has 3 aromatic rings. The highest BCUT2D eigenvalue weighted by Crippen LogP contribution is 2.34. The van der Waals surface area contributed by atoms with Gasteiger partial charge >= 0.3 is 6.18 Å². The highest BCUT2D eigenvalue weighted by molar-refractivity contribution is 6.12. The van der Waals surface area contributed by atoms with Gasteiger partial charge in [0.15, 0.2) is 11.5 Å². The van der Waals surface area contributed by atoms with Crippen LogP contribution >= 0.6 is 0 Å². The molecule has 0 bridgehead atoms. The number of likely N-dealkylation sites (N-methyl/N-ethyl adjacent to an activating group) is 1. The van der Waals surface area contributed by atoms with Gasteiger partial charge in [-0.3, -0.25) is 9.59 Å². The lowest BCUT2D eigenvalue weighted by atomic mass is 9.94. The number of benzene rings is 3. The number of ether oxygens (including phenoxy) is 2. The third-order valence-corrected chi connectivity index (χ3v) is 6.60. The van der Waals surface area contributed by atoms with Crippen molar-refractivity contribution in [2.45, 2.75) is 38.4 Å². The van der Waals surface area contributed by atoms with Gasteiger partial charge in [-0.1, -0.05) is 42.5 Å². The van der Waals surface area contributed by atoms with Crippen molar-refractivity contribution in [2.75, 3.05) is 32.7 Å². The molecule has 0 aliphatic heterocycles. The molecular weight excluding hydrogens is 509 g/mol. The van der Waals surface area contributed by atoms with Crippen LogP contribution in [0.4, 0.5) is 18.9 Å². The van der Waals surface area contributed by atoms with Crippen molar-refractivity contribution < 1.29 is 32.2 Å². The molecule has 0 aliphatic rings. The predicted octanol–water partition coefficient (Wildman–Crippen LogP) is 5.95. The monoisotopic (exact) mass is 542 g/mol. The summed E-state index contributed by atoms with van der Waals surface area (Å²) in [5.41, 5.74) is 0.874. The highest BCUT2D eigenvalue weighted by atomic mass is 19.4. The minimum Gasteiger partial charge on any atom is -0.493 e. The second kappa shape index (κ2) is 12.7. The molecule has 0 saturated heterocycles. The van der Waals surface area contributed by atoms with Crippen molar-refractivity contribution in [1.29, 1.82) is 0 Å². The molecule has 9 heteroatoms. The number of carbonyl (C=O) groups is 2. The van der Waals surface area contributed by atoms with Gasteiger partial charge in [-0.05, 0) is 55.7 Å². The third-order valence-electron chi connectivity index (χ3n) is 6.60. The van der Waals surface area contributed by atoms with Crippen LogP contribution in [-0.4, -0.2) is 50.6 Å². The van der Waals surface area contributed by atoms with Gasteiger partial charge in [-0.2, -0.15) is 13.2 Å². The van der Waals surface area contributed by atoms with E-state index >= 15 is 0 Å². The second-order valence-corrected chi connectivity index (χ2v) is 9.36. The van der Waals surface area contributed by atoms with E-state index in [0.717, 1.165) is 12.1 Å². The zero-order valence-electron chi connectivity index (χ0n) is 22.7. The van der Waals surface area contributed by atoms with Crippen LogP contribution in [0.2, 0.25) is 0 Å². The normalized spacial score (nSPS) is 12.1. The van der Waals surface area contributed by atoms with Crippen LogP contribution in [0, 0.1) is 0 Å². The van der Waals surface area contributed by atoms with Gasteiger partial charge in [0.05, 0.1) is 19.8 Å². The molecule has 1 unspecified atom stereocenters. The average Bonchev–Trinajstić information content (AvgIpc) is 2.92. The van der Waals surface area contributed by atoms with Crippen molar-refractivity contribution in [3.05, 3.63) is 89.5 Å². The van der Waals surface area contributed by atoms with Crippen LogP contribution in [0.3, 0.4) is 0 Å². The minimum atomic E-state index is -4.44. The number of rotatable bonds is 10. The van der Waals surface area contributed by atoms with E-state index in [1.54, 1.807) is 55.6 Å². The smallest absolute Gasteiger partial charge is 0.416 e. The number of amides is 2. The molecule has 0 fully saturated rings. The van der Waals surface area contributed by atoms with E-state index in [-0.39, 0.29) is 24.9 Å². The van der Waals surface area contributed by atoms with E-state index in [9.17, 15) is 22.8 Å². The standard InChI is InChI=1S/C30H33F3N2O4/c1-20(2)34(3)28(36)27(22-9-7-6-8-10-22)29(37)35(24-15-16-25(38-4)26(19-24)39-5)18-17-21-11-13-23(14-12-21)30(31,32)33/h6-16,19-20,27H,17-18H2,1-5H3. The van der Waals surface area contributed by atoms with Crippen LogP contribution in [0.25, 0.3) is 0 Å². The van der Waals surface area contributed by atoms with Crippen LogP contribution in [-0.2, 0) is 22.2 Å². The quantitative estimate of drug-likeness (QED) is 0.297. The van der Waals surface area contributed by atoms with Crippen molar-refractivity contribution in [3.63, 3.8) is 0 Å². The Bertz CT molecular complexity index is 1260. The zero-order valence-corrected chi connectivity index (χ0v) is 22.7. The summed E-state index contributed by atoms with van der Waals surface area (Å²) in [5, 5.41) is 0. The lowest BCUT2D eigenvalue weighted by Gasteiger charge is -2.31. The van der Waals surface area contributed by atoms with Crippen molar-refractivity contribution in [3.8, 4) is 11.5 Å². The molecule has 0 radical (unpaired) electrons. The summed E-state index contributed by atoms with van der Waals surface area (Å²) in [6.07, 6.45) is -4.18. The molecule has 3 aromatic carbocycles. The number of carbonyl (C=O) groups excluding carboxylic acids is 2. The summed E-state index contributed by atoms with van der Waals surface area (Å²) < 4.78 is 49.9.